The SMILES string of the molecule is CC(=O)Nc1ccc(NC(=O)C2CCN(c3ccccc3[N+](=O)[O-])CC2)cc1Cl. The van der Waals surface area contributed by atoms with Crippen LogP contribution in [0.4, 0.5) is 22.7 Å². The summed E-state index contributed by atoms with van der Waals surface area (Å²) in [7, 11) is 0. The number of amides is 2. The summed E-state index contributed by atoms with van der Waals surface area (Å²) in [5, 5.41) is 17.0. The van der Waals surface area contributed by atoms with E-state index < -0.39 is 0 Å². The lowest BCUT2D eigenvalue weighted by atomic mass is 9.95. The number of para-hydroxylation sites is 2. The second-order valence-corrected chi connectivity index (χ2v) is 7.28. The zero-order valence-corrected chi connectivity index (χ0v) is 16.6. The average molecular weight is 417 g/mol. The van der Waals surface area contributed by atoms with Gasteiger partial charge < -0.3 is 15.5 Å². The van der Waals surface area contributed by atoms with E-state index in [1.165, 1.54) is 13.0 Å². The fourth-order valence-corrected chi connectivity index (χ4v) is 3.62. The number of nitro groups is 1. The van der Waals surface area contributed by atoms with Crippen LogP contribution in [0.2, 0.25) is 5.02 Å². The normalized spacial score (nSPS) is 14.3. The molecule has 0 radical (unpaired) electrons. The Bertz CT molecular complexity index is 942. The predicted octanol–water partition coefficient (Wildman–Crippen LogP) is 4.06. The van der Waals surface area contributed by atoms with E-state index in [0.717, 1.165) is 0 Å². The Labute approximate surface area is 173 Å². The van der Waals surface area contributed by atoms with Crippen molar-refractivity contribution in [2.45, 2.75) is 19.8 Å². The van der Waals surface area contributed by atoms with E-state index in [2.05, 4.69) is 10.6 Å². The largest absolute Gasteiger partial charge is 0.366 e. The van der Waals surface area contributed by atoms with E-state index in [0.29, 0.717) is 48.0 Å². The first kappa shape index (κ1) is 20.6. The molecule has 0 bridgehead atoms. The van der Waals surface area contributed by atoms with Gasteiger partial charge in [-0.2, -0.15) is 0 Å². The van der Waals surface area contributed by atoms with Gasteiger partial charge in [0.2, 0.25) is 11.8 Å². The van der Waals surface area contributed by atoms with E-state index in [-0.39, 0.29) is 28.3 Å². The van der Waals surface area contributed by atoms with Gasteiger partial charge in [-0.3, -0.25) is 19.7 Å². The van der Waals surface area contributed by atoms with Gasteiger partial charge in [-0.15, -0.1) is 0 Å². The second kappa shape index (κ2) is 8.91. The number of hydrogen-bond acceptors (Lipinski definition) is 5. The molecule has 1 aliphatic rings. The van der Waals surface area contributed by atoms with Gasteiger partial charge in [-0.25, -0.2) is 0 Å². The summed E-state index contributed by atoms with van der Waals surface area (Å²) in [5.41, 5.74) is 1.69. The Morgan fingerprint density at radius 2 is 1.83 bits per heavy atom. The van der Waals surface area contributed by atoms with Crippen LogP contribution in [-0.4, -0.2) is 29.8 Å². The van der Waals surface area contributed by atoms with Gasteiger partial charge in [0.15, 0.2) is 0 Å². The molecule has 29 heavy (non-hydrogen) atoms. The maximum absolute atomic E-state index is 12.6. The van der Waals surface area contributed by atoms with Crippen LogP contribution in [0, 0.1) is 16.0 Å². The molecule has 2 aromatic rings. The summed E-state index contributed by atoms with van der Waals surface area (Å²) in [6.45, 7) is 2.51. The van der Waals surface area contributed by atoms with Gasteiger partial charge in [0.05, 0.1) is 15.6 Å². The third kappa shape index (κ3) is 5.03. The number of nitrogens with zero attached hydrogens (tertiary/aromatic N) is 2. The molecule has 1 heterocycles. The Kier molecular flexibility index (Phi) is 6.33. The number of nitrogens with one attached hydrogen (secondary N) is 2. The van der Waals surface area contributed by atoms with Crippen LogP contribution in [0.5, 0.6) is 0 Å². The molecular weight excluding hydrogens is 396 g/mol. The highest BCUT2D eigenvalue weighted by Gasteiger charge is 2.28. The molecule has 0 unspecified atom stereocenters. The van der Waals surface area contributed by atoms with E-state index in [1.54, 1.807) is 36.4 Å². The van der Waals surface area contributed by atoms with Gasteiger partial charge in [0.1, 0.15) is 5.69 Å². The first-order valence-corrected chi connectivity index (χ1v) is 9.59. The summed E-state index contributed by atoms with van der Waals surface area (Å²) in [6.07, 6.45) is 1.19. The second-order valence-electron chi connectivity index (χ2n) is 6.87. The van der Waals surface area contributed by atoms with Crippen LogP contribution < -0.4 is 15.5 Å². The first-order valence-electron chi connectivity index (χ1n) is 9.21. The standard InChI is InChI=1S/C20H21ClN4O4/c1-13(26)22-17-7-6-15(12-16(17)21)23-20(27)14-8-10-24(11-9-14)18-4-2-3-5-19(18)25(28)29/h2-7,12,14H,8-11H2,1H3,(H,22,26)(H,23,27). The van der Waals surface area contributed by atoms with Crippen LogP contribution in [0.25, 0.3) is 0 Å². The van der Waals surface area contributed by atoms with Crippen molar-refractivity contribution < 1.29 is 14.5 Å². The lowest BCUT2D eigenvalue weighted by Crippen LogP contribution is -2.38. The van der Waals surface area contributed by atoms with Crippen molar-refractivity contribution in [3.63, 3.8) is 0 Å². The van der Waals surface area contributed by atoms with Gasteiger partial charge in [-0.05, 0) is 37.1 Å². The average Bonchev–Trinajstić information content (AvgIpc) is 2.70. The smallest absolute Gasteiger partial charge is 0.292 e. The quantitative estimate of drug-likeness (QED) is 0.564. The third-order valence-corrected chi connectivity index (χ3v) is 5.14. The Morgan fingerprint density at radius 1 is 1.14 bits per heavy atom. The van der Waals surface area contributed by atoms with Crippen LogP contribution >= 0.6 is 11.6 Å². The fraction of sp³-hybridized carbons (Fsp3) is 0.300. The van der Waals surface area contributed by atoms with Crippen molar-refractivity contribution in [1.29, 1.82) is 0 Å². The Balaban J connectivity index is 1.60. The molecule has 8 nitrogen and oxygen atoms in total. The highest BCUT2D eigenvalue weighted by Crippen LogP contribution is 2.32. The summed E-state index contributed by atoms with van der Waals surface area (Å²) in [6, 6.07) is 11.5. The fourth-order valence-electron chi connectivity index (χ4n) is 3.40. The molecule has 0 saturated carbocycles. The number of piperidine rings is 1. The van der Waals surface area contributed by atoms with Crippen molar-refractivity contribution >= 4 is 46.2 Å². The molecule has 0 spiro atoms. The highest BCUT2D eigenvalue weighted by atomic mass is 35.5. The Morgan fingerprint density at radius 3 is 2.45 bits per heavy atom. The summed E-state index contributed by atoms with van der Waals surface area (Å²) < 4.78 is 0. The third-order valence-electron chi connectivity index (χ3n) is 4.83. The number of hydrogen-bond donors (Lipinski definition) is 2. The van der Waals surface area contributed by atoms with Crippen LogP contribution in [-0.2, 0) is 9.59 Å². The molecule has 1 fully saturated rings. The molecule has 2 aromatic carbocycles. The van der Waals surface area contributed by atoms with Crippen molar-refractivity contribution in [3.8, 4) is 0 Å². The van der Waals surface area contributed by atoms with E-state index in [9.17, 15) is 19.7 Å². The van der Waals surface area contributed by atoms with Crippen LogP contribution in [0.3, 0.4) is 0 Å². The zero-order valence-electron chi connectivity index (χ0n) is 15.9. The van der Waals surface area contributed by atoms with Gasteiger partial charge in [-0.1, -0.05) is 23.7 Å². The molecular formula is C20H21ClN4O4. The molecule has 1 aliphatic heterocycles. The number of anilines is 3. The molecule has 2 N–H and O–H groups in total. The predicted molar refractivity (Wildman–Crippen MR) is 112 cm³/mol. The summed E-state index contributed by atoms with van der Waals surface area (Å²) >= 11 is 6.14. The monoisotopic (exact) mass is 416 g/mol. The van der Waals surface area contributed by atoms with Crippen LogP contribution in [0.1, 0.15) is 19.8 Å². The molecule has 0 atom stereocenters. The maximum Gasteiger partial charge on any atom is 0.292 e. The maximum atomic E-state index is 12.6. The van der Waals surface area contributed by atoms with Crippen molar-refractivity contribution in [2.75, 3.05) is 28.6 Å². The topological polar surface area (TPSA) is 105 Å². The molecule has 1 saturated heterocycles. The zero-order chi connectivity index (χ0) is 21.0. The van der Waals surface area contributed by atoms with E-state index >= 15 is 0 Å². The summed E-state index contributed by atoms with van der Waals surface area (Å²) in [4.78, 5) is 36.5. The Hall–Kier alpha value is -3.13. The van der Waals surface area contributed by atoms with Gasteiger partial charge in [0.25, 0.3) is 5.69 Å². The number of rotatable bonds is 5. The minimum absolute atomic E-state index is 0.0734. The number of nitro benzene ring substituents is 1. The minimum Gasteiger partial charge on any atom is -0.366 e. The number of carbonyl (C=O) groups excluding carboxylic acids is 2. The van der Waals surface area contributed by atoms with Crippen molar-refractivity contribution in [1.82, 2.24) is 0 Å². The first-order chi connectivity index (χ1) is 13.8. The van der Waals surface area contributed by atoms with Crippen LogP contribution in [0.15, 0.2) is 42.5 Å². The van der Waals surface area contributed by atoms with E-state index in [4.69, 9.17) is 11.6 Å². The van der Waals surface area contributed by atoms with Crippen molar-refractivity contribution in [2.24, 2.45) is 5.92 Å². The highest BCUT2D eigenvalue weighted by molar-refractivity contribution is 6.34. The molecule has 0 aliphatic carbocycles. The molecule has 3 rings (SSSR count). The molecule has 2 amide bonds. The molecule has 152 valence electrons. The number of halogens is 1. The van der Waals surface area contributed by atoms with E-state index in [1.807, 2.05) is 4.90 Å². The van der Waals surface area contributed by atoms with Crippen molar-refractivity contribution in [3.05, 3.63) is 57.6 Å². The molecule has 0 aromatic heterocycles. The molecule has 9 heteroatoms. The van der Waals surface area contributed by atoms with Gasteiger partial charge in [0, 0.05) is 37.7 Å². The van der Waals surface area contributed by atoms with Gasteiger partial charge >= 0.3 is 0 Å². The number of carbonyl (C=O) groups is 2. The lowest BCUT2D eigenvalue weighted by molar-refractivity contribution is -0.384. The minimum atomic E-state index is -0.386. The lowest BCUT2D eigenvalue weighted by Gasteiger charge is -2.32. The number of benzene rings is 2. The summed E-state index contributed by atoms with van der Waals surface area (Å²) in [5.74, 6) is -0.535.